The molecule has 0 radical (unpaired) electrons. The average Bonchev–Trinajstić information content (AvgIpc) is 2.85. The minimum Gasteiger partial charge on any atom is -0.379 e. The average molecular weight is 520 g/mol. The molecule has 4 rings (SSSR count). The number of amides is 1. The first-order valence-corrected chi connectivity index (χ1v) is 12.1. The van der Waals surface area contributed by atoms with E-state index < -0.39 is 11.7 Å². The highest BCUT2D eigenvalue weighted by Gasteiger charge is 2.33. The fourth-order valence-corrected chi connectivity index (χ4v) is 4.57. The number of pyridine rings is 1. The van der Waals surface area contributed by atoms with Crippen molar-refractivity contribution in [3.63, 3.8) is 0 Å². The third-order valence-corrected chi connectivity index (χ3v) is 6.59. The molecule has 36 heavy (non-hydrogen) atoms. The number of carbonyl (C=O) groups excluding carboxylic acids is 1. The second-order valence-corrected chi connectivity index (χ2v) is 9.92. The maximum atomic E-state index is 14.4. The number of thioether (sulfide) groups is 1. The van der Waals surface area contributed by atoms with E-state index in [2.05, 4.69) is 9.98 Å². The van der Waals surface area contributed by atoms with E-state index >= 15 is 0 Å². The monoisotopic (exact) mass is 519 g/mol. The fraction of sp³-hybridized carbons (Fsp3) is 0.360. The molecule has 0 aliphatic carbocycles. The van der Waals surface area contributed by atoms with Crippen molar-refractivity contribution in [2.24, 2.45) is 10.7 Å². The van der Waals surface area contributed by atoms with E-state index in [0.29, 0.717) is 34.7 Å². The molecule has 2 atom stereocenters. The molecule has 190 valence electrons. The second-order valence-electron chi connectivity index (χ2n) is 8.46. The molecule has 1 saturated heterocycles. The van der Waals surface area contributed by atoms with Crippen LogP contribution in [0.4, 0.5) is 17.6 Å². The van der Waals surface area contributed by atoms with Crippen LogP contribution in [0.25, 0.3) is 11.9 Å². The highest BCUT2D eigenvalue weighted by molar-refractivity contribution is 8.14. The molecule has 2 unspecified atom stereocenters. The van der Waals surface area contributed by atoms with Gasteiger partial charge in [0, 0.05) is 42.9 Å². The van der Waals surface area contributed by atoms with Crippen molar-refractivity contribution in [2.75, 3.05) is 13.1 Å². The van der Waals surface area contributed by atoms with Crippen LogP contribution in [0.2, 0.25) is 0 Å². The van der Waals surface area contributed by atoms with Crippen LogP contribution in [0.5, 0.6) is 0 Å². The van der Waals surface area contributed by atoms with Crippen LogP contribution in [0, 0.1) is 17.1 Å². The van der Waals surface area contributed by atoms with Gasteiger partial charge in [0.25, 0.3) is 5.92 Å². The number of carbonyl (C=O) groups is 1. The van der Waals surface area contributed by atoms with Crippen LogP contribution in [0.1, 0.15) is 54.6 Å². The summed E-state index contributed by atoms with van der Waals surface area (Å²) in [6.45, 7) is 2.39. The minimum absolute atomic E-state index is 0.111. The lowest BCUT2D eigenvalue weighted by molar-refractivity contribution is -0.124. The molecule has 1 fully saturated rings. The van der Waals surface area contributed by atoms with Gasteiger partial charge >= 0.3 is 0 Å². The van der Waals surface area contributed by atoms with E-state index in [1.165, 1.54) is 53.2 Å². The summed E-state index contributed by atoms with van der Waals surface area (Å²) in [5.41, 5.74) is 7.17. The molecule has 2 aliphatic rings. The molecule has 6 nitrogen and oxygen atoms in total. The summed E-state index contributed by atoms with van der Waals surface area (Å²) in [5.74, 6) is -3.50. The second kappa shape index (κ2) is 12.0. The van der Waals surface area contributed by atoms with E-state index in [1.807, 2.05) is 13.0 Å². The van der Waals surface area contributed by atoms with Gasteiger partial charge in [-0.1, -0.05) is 24.8 Å². The zero-order valence-electron chi connectivity index (χ0n) is 19.5. The van der Waals surface area contributed by atoms with Crippen LogP contribution >= 0.6 is 11.8 Å². The molecule has 2 aromatic rings. The van der Waals surface area contributed by atoms with E-state index in [1.54, 1.807) is 6.07 Å². The molecule has 1 aromatic heterocycles. The Morgan fingerprint density at radius 3 is 2.58 bits per heavy atom. The van der Waals surface area contributed by atoms with Crippen molar-refractivity contribution in [2.45, 2.75) is 43.4 Å². The lowest BCUT2D eigenvalue weighted by Gasteiger charge is -2.28. The van der Waals surface area contributed by atoms with Gasteiger partial charge in [-0.3, -0.25) is 14.8 Å². The molecule has 2 N–H and O–H groups in total. The number of likely N-dealkylation sites (tertiary alicyclic amines) is 1. The Morgan fingerprint density at radius 2 is 2.00 bits per heavy atom. The van der Waals surface area contributed by atoms with Crippen molar-refractivity contribution >= 4 is 35.2 Å². The molecule has 0 saturated carbocycles. The maximum absolute atomic E-state index is 14.4. The Bertz CT molecular complexity index is 1170. The van der Waals surface area contributed by atoms with Crippen LogP contribution in [-0.4, -0.2) is 45.7 Å². The molecule has 1 amide bonds. The number of nitrogens with two attached hydrogens (primary N) is 1. The third-order valence-electron chi connectivity index (χ3n) is 5.65. The molecule has 0 bridgehead atoms. The number of amidine groups is 1. The van der Waals surface area contributed by atoms with E-state index in [9.17, 15) is 22.4 Å². The highest BCUT2D eigenvalue weighted by Crippen LogP contribution is 2.35. The summed E-state index contributed by atoms with van der Waals surface area (Å²) in [7, 11) is 0. The lowest BCUT2D eigenvalue weighted by atomic mass is 9.99. The number of rotatable bonds is 4. The van der Waals surface area contributed by atoms with Crippen LogP contribution < -0.4 is 5.73 Å². The zero-order valence-corrected chi connectivity index (χ0v) is 20.3. The number of aliphatic imine (C=N–C) groups is 1. The van der Waals surface area contributed by atoms with Crippen LogP contribution in [0.3, 0.4) is 0 Å². The van der Waals surface area contributed by atoms with Crippen LogP contribution in [-0.2, 0) is 4.79 Å². The van der Waals surface area contributed by atoms with Crippen molar-refractivity contribution in [3.8, 4) is 6.07 Å². The number of aromatic nitrogens is 1. The molecule has 2 aliphatic heterocycles. The summed E-state index contributed by atoms with van der Waals surface area (Å²) in [4.78, 5) is 19.7. The van der Waals surface area contributed by atoms with Crippen LogP contribution in [0.15, 0.2) is 41.5 Å². The number of alkyl halides is 2. The SMILES string of the molecule is CC1CC(c2cc(/C=C(\F)c3ccc(C#N)cn3)ccc2F)N=C(N)S1.O=CN1CCC(F)(F)CC1. The first-order valence-electron chi connectivity index (χ1n) is 11.2. The number of hydrogen-bond acceptors (Lipinski definition) is 6. The van der Waals surface area contributed by atoms with Crippen molar-refractivity contribution in [1.82, 2.24) is 9.88 Å². The van der Waals surface area contributed by atoms with E-state index in [4.69, 9.17) is 11.0 Å². The van der Waals surface area contributed by atoms with Gasteiger partial charge in [0.15, 0.2) is 5.17 Å². The predicted molar refractivity (Wildman–Crippen MR) is 132 cm³/mol. The van der Waals surface area contributed by atoms with Gasteiger partial charge in [-0.2, -0.15) is 5.26 Å². The van der Waals surface area contributed by atoms with Crippen molar-refractivity contribution in [1.29, 1.82) is 5.26 Å². The third kappa shape index (κ3) is 7.55. The molecule has 1 aromatic carbocycles. The predicted octanol–water partition coefficient (Wildman–Crippen LogP) is 5.32. The largest absolute Gasteiger partial charge is 0.379 e. The molecular formula is C25H25F4N5OS. The Hall–Kier alpha value is -3.39. The Labute approximate surface area is 210 Å². The van der Waals surface area contributed by atoms with Gasteiger partial charge in [-0.15, -0.1) is 0 Å². The summed E-state index contributed by atoms with van der Waals surface area (Å²) in [6.07, 6.45) is 3.49. The Kier molecular flexibility index (Phi) is 9.09. The minimum atomic E-state index is -2.54. The van der Waals surface area contributed by atoms with E-state index in [0.717, 1.165) is 0 Å². The number of piperidine rings is 1. The van der Waals surface area contributed by atoms with Gasteiger partial charge in [0.1, 0.15) is 17.7 Å². The highest BCUT2D eigenvalue weighted by atomic mass is 32.2. The van der Waals surface area contributed by atoms with E-state index in [-0.39, 0.29) is 48.7 Å². The fourth-order valence-electron chi connectivity index (χ4n) is 3.69. The Balaban J connectivity index is 0.000000303. The Morgan fingerprint density at radius 1 is 1.28 bits per heavy atom. The number of hydrogen-bond donors (Lipinski definition) is 1. The smallest absolute Gasteiger partial charge is 0.251 e. The first kappa shape index (κ1) is 27.2. The maximum Gasteiger partial charge on any atom is 0.251 e. The molecular weight excluding hydrogens is 494 g/mol. The number of nitriles is 1. The quantitative estimate of drug-likeness (QED) is 0.436. The summed E-state index contributed by atoms with van der Waals surface area (Å²) >= 11 is 1.46. The topological polar surface area (TPSA) is 95.4 Å². The zero-order chi connectivity index (χ0) is 26.3. The van der Waals surface area contributed by atoms with Gasteiger partial charge in [0.2, 0.25) is 6.41 Å². The number of nitrogens with zero attached hydrogens (tertiary/aromatic N) is 4. The lowest BCUT2D eigenvalue weighted by Crippen LogP contribution is -2.38. The molecule has 3 heterocycles. The summed E-state index contributed by atoms with van der Waals surface area (Å²) in [6, 6.07) is 8.86. The summed E-state index contributed by atoms with van der Waals surface area (Å²) < 4.78 is 53.4. The normalized spacial score (nSPS) is 21.5. The molecule has 11 heteroatoms. The standard InChI is InChI=1S/C19H16F2N4S.C6H9F2NO/c1-11-6-18(25-19(23)26-11)14-7-12(2-4-15(14)20)8-16(21)17-5-3-13(9-22)10-24-17;7-6(8)1-3-9(5-10)4-2-6/h2-5,7-8,10-11,18H,6H2,1H3,(H2,23,25);5H,1-4H2/b16-8-;. The van der Waals surface area contributed by atoms with Crippen molar-refractivity contribution < 1.29 is 22.4 Å². The number of benzene rings is 1. The van der Waals surface area contributed by atoms with Gasteiger partial charge in [-0.25, -0.2) is 17.6 Å². The van der Waals surface area contributed by atoms with Gasteiger partial charge in [0.05, 0.1) is 17.3 Å². The van der Waals surface area contributed by atoms with Crippen molar-refractivity contribution in [3.05, 3.63) is 64.7 Å². The van der Waals surface area contributed by atoms with Gasteiger partial charge < -0.3 is 10.6 Å². The first-order chi connectivity index (χ1) is 17.1. The number of halogens is 4. The molecule has 0 spiro atoms. The summed E-state index contributed by atoms with van der Waals surface area (Å²) in [5, 5.41) is 9.43. The van der Waals surface area contributed by atoms with Gasteiger partial charge in [-0.05, 0) is 42.3 Å².